The second kappa shape index (κ2) is 24.0. The van der Waals surface area contributed by atoms with Gasteiger partial charge in [-0.2, -0.15) is 0 Å². The second-order valence-corrected chi connectivity index (χ2v) is 22.3. The van der Waals surface area contributed by atoms with Gasteiger partial charge in [-0.15, -0.1) is 21.5 Å². The van der Waals surface area contributed by atoms with E-state index in [1.807, 2.05) is 56.0 Å². The Hall–Kier alpha value is -2.61. The number of aromatic nitrogens is 5. The molecule has 3 fully saturated rings. The number of cyclic esters (lactones) is 1. The molecule has 18 atom stereocenters. The number of hydrogen-bond donors (Lipinski definition) is 5. The summed E-state index contributed by atoms with van der Waals surface area (Å²) in [4.78, 5) is 20.7. The predicted molar refractivity (Wildman–Crippen MR) is 259 cm³/mol. The van der Waals surface area contributed by atoms with E-state index in [4.69, 9.17) is 28.4 Å². The smallest absolute Gasteiger partial charge is 0.311 e. The molecule has 0 aliphatic carbocycles. The van der Waals surface area contributed by atoms with Crippen molar-refractivity contribution in [3.8, 4) is 10.6 Å². The van der Waals surface area contributed by atoms with Gasteiger partial charge in [-0.05, 0) is 104 Å². The van der Waals surface area contributed by atoms with Crippen molar-refractivity contribution in [3.05, 3.63) is 34.3 Å². The van der Waals surface area contributed by atoms with Crippen molar-refractivity contribution < 1.29 is 58.7 Å². The van der Waals surface area contributed by atoms with Crippen molar-refractivity contribution in [1.29, 1.82) is 0 Å². The summed E-state index contributed by atoms with van der Waals surface area (Å²) in [6.45, 7) is 17.6. The summed E-state index contributed by atoms with van der Waals surface area (Å²) in [7, 11) is 5.30. The van der Waals surface area contributed by atoms with E-state index in [0.29, 0.717) is 32.5 Å². The van der Waals surface area contributed by atoms with E-state index in [1.165, 1.54) is 30.4 Å². The maximum atomic E-state index is 14.4. The minimum absolute atomic E-state index is 0.114. The van der Waals surface area contributed by atoms with Gasteiger partial charge in [0.05, 0.1) is 52.6 Å². The first-order valence-corrected chi connectivity index (χ1v) is 26.2. The largest absolute Gasteiger partial charge is 0.459 e. The summed E-state index contributed by atoms with van der Waals surface area (Å²) in [6, 6.07) is 3.23. The Kier molecular flexibility index (Phi) is 19.3. The van der Waals surface area contributed by atoms with Crippen LogP contribution in [0.25, 0.3) is 10.6 Å². The molecule has 19 nitrogen and oxygen atoms in total. The maximum Gasteiger partial charge on any atom is 0.311 e. The number of aryl methyl sites for hydroxylation is 2. The molecule has 0 spiro atoms. The summed E-state index contributed by atoms with van der Waals surface area (Å²) < 4.78 is 43.9. The number of nitrogens with zero attached hydrogens (tertiary/aromatic N) is 7. The number of methoxy groups -OCH3 is 1. The van der Waals surface area contributed by atoms with Gasteiger partial charge in [0.1, 0.15) is 35.7 Å². The Bertz CT molecular complexity index is 2050. The van der Waals surface area contributed by atoms with Gasteiger partial charge in [-0.25, -0.2) is 0 Å². The van der Waals surface area contributed by atoms with Crippen molar-refractivity contribution >= 4 is 28.8 Å². The number of carbonyl (C=O) groups is 1. The number of rotatable bonds is 14. The van der Waals surface area contributed by atoms with Crippen molar-refractivity contribution in [2.45, 2.75) is 198 Å². The van der Waals surface area contributed by atoms with Crippen LogP contribution in [0.15, 0.2) is 23.7 Å². The summed E-state index contributed by atoms with van der Waals surface area (Å²) in [6.07, 6.45) is -6.51. The summed E-state index contributed by atoms with van der Waals surface area (Å²) in [5.74, 6) is -2.66. The molecule has 0 saturated carbocycles. The maximum absolute atomic E-state index is 14.4. The lowest BCUT2D eigenvalue weighted by atomic mass is 9.83. The third-order valence-corrected chi connectivity index (χ3v) is 16.7. The number of hydrogen-bond acceptors (Lipinski definition) is 20. The minimum atomic E-state index is -1.82. The number of aliphatic hydroxyl groups excluding tert-OH is 4. The van der Waals surface area contributed by atoms with E-state index in [-0.39, 0.29) is 37.3 Å². The van der Waals surface area contributed by atoms with Crippen molar-refractivity contribution in [1.82, 2.24) is 34.4 Å². The summed E-state index contributed by atoms with van der Waals surface area (Å²) in [5.41, 5.74) is -1.16. The molecule has 0 bridgehead atoms. The zero-order valence-electron chi connectivity index (χ0n) is 42.5. The van der Waals surface area contributed by atoms with Crippen molar-refractivity contribution in [2.75, 3.05) is 34.3 Å². The Labute approximate surface area is 415 Å². The Balaban J connectivity index is 1.22. The number of carbonyl (C=O) groups excluding carboxylic acids is 1. The van der Waals surface area contributed by atoms with E-state index in [0.717, 1.165) is 22.7 Å². The number of esters is 1. The van der Waals surface area contributed by atoms with Crippen LogP contribution in [0.5, 0.6) is 0 Å². The molecule has 3 saturated heterocycles. The van der Waals surface area contributed by atoms with Crippen LogP contribution < -0.4 is 0 Å². The standard InChI is InChI=1S/C48H79N7O12S2/c1-13-38-48(9,61)43(58)30(6)54(11)23-26(2)20-36(56)42(28(4)41(29(5)45(60)65-38)66-39-22-47(8,62-12)44(59)31(7)64-39)67-46-40(57)35(21-27(3)63-46)53(10)18-16-32-24-55(51-49-32)19-17-33-14-15-37(69-33)34-25-68-52-50-34/h14-15,24-31,35-36,38-44,46,56-59,61H,13,16-23H2,1-12H3/t26-,27-,28+,29-,30-,31+,35+,36-,38-,39+,40-,41+,42-,43-,44+,46+,47-,48-/m1/s1. The Morgan fingerprint density at radius 2 is 1.71 bits per heavy atom. The highest BCUT2D eigenvalue weighted by molar-refractivity contribution is 7.15. The van der Waals surface area contributed by atoms with Gasteiger partial charge in [0.15, 0.2) is 12.6 Å². The van der Waals surface area contributed by atoms with Gasteiger partial charge in [0.2, 0.25) is 0 Å². The van der Waals surface area contributed by atoms with Crippen LogP contribution in [0.3, 0.4) is 0 Å². The van der Waals surface area contributed by atoms with E-state index in [1.54, 1.807) is 46.0 Å². The monoisotopic (exact) mass is 1010 g/mol. The average Bonchev–Trinajstić information content (AvgIpc) is 4.12. The molecular weight excluding hydrogens is 931 g/mol. The zero-order chi connectivity index (χ0) is 50.5. The quantitative estimate of drug-likeness (QED) is 0.145. The van der Waals surface area contributed by atoms with Crippen LogP contribution in [0.1, 0.15) is 98.6 Å². The number of thiophene rings is 1. The molecule has 0 aromatic carbocycles. The minimum Gasteiger partial charge on any atom is -0.459 e. The lowest BCUT2D eigenvalue weighted by molar-refractivity contribution is -0.311. The van der Waals surface area contributed by atoms with Crippen LogP contribution in [0.4, 0.5) is 0 Å². The van der Waals surface area contributed by atoms with Gasteiger partial charge in [-0.3, -0.25) is 9.48 Å². The van der Waals surface area contributed by atoms with Crippen LogP contribution in [0, 0.1) is 17.8 Å². The van der Waals surface area contributed by atoms with E-state index >= 15 is 0 Å². The third kappa shape index (κ3) is 13.3. The van der Waals surface area contributed by atoms with Crippen LogP contribution in [0.2, 0.25) is 0 Å². The molecule has 0 amide bonds. The molecule has 3 aliphatic heterocycles. The second-order valence-electron chi connectivity index (χ2n) is 20.5. The van der Waals surface area contributed by atoms with Gasteiger partial charge in [0, 0.05) is 80.5 Å². The van der Waals surface area contributed by atoms with Gasteiger partial charge in [-0.1, -0.05) is 30.5 Å². The Morgan fingerprint density at radius 1 is 0.971 bits per heavy atom. The number of ether oxygens (including phenoxy) is 6. The first-order chi connectivity index (χ1) is 32.6. The first kappa shape index (κ1) is 55.7. The first-order valence-electron chi connectivity index (χ1n) is 24.5. The highest BCUT2D eigenvalue weighted by Gasteiger charge is 2.51. The molecule has 69 heavy (non-hydrogen) atoms. The van der Waals surface area contributed by atoms with Crippen LogP contribution in [-0.4, -0.2) is 191 Å². The molecule has 390 valence electrons. The SMILES string of the molecule is CC[C@H]1OC(=O)[C@H](C)[C@@H](O[C@H]2C[C@@](C)(OC)[C@@H](O)[C@H](C)O2)[C@H](C)[C@@H](O[C@@H]2O[C@H](C)C[C@H](N(C)CCc3cn(CCc4ccc(-c5csnn5)s4)nn3)[C@H]2O)[C@H](O)C[C@@H](C)CN(C)[C@H](C)[C@@H](O)[C@]1(C)O. The molecule has 3 aromatic rings. The fourth-order valence-electron chi connectivity index (χ4n) is 10.3. The van der Waals surface area contributed by atoms with Gasteiger partial charge < -0.3 is 63.8 Å². The van der Waals surface area contributed by atoms with Crippen molar-refractivity contribution in [3.63, 3.8) is 0 Å². The molecular formula is C48H79N7O12S2. The van der Waals surface area contributed by atoms with Gasteiger partial charge in [0.25, 0.3) is 0 Å². The van der Waals surface area contributed by atoms with Crippen molar-refractivity contribution in [2.24, 2.45) is 17.8 Å². The lowest BCUT2D eigenvalue weighted by Gasteiger charge is -2.47. The topological polar surface area (TPSA) is 237 Å². The number of likely N-dealkylation sites (N-methyl/N-ethyl adjacent to an activating group) is 2. The molecule has 5 N–H and O–H groups in total. The molecule has 6 heterocycles. The highest BCUT2D eigenvalue weighted by atomic mass is 32.1. The van der Waals surface area contributed by atoms with E-state index in [9.17, 15) is 30.3 Å². The lowest BCUT2D eigenvalue weighted by Crippen LogP contribution is -2.59. The van der Waals surface area contributed by atoms with Gasteiger partial charge >= 0.3 is 5.97 Å². The highest BCUT2D eigenvalue weighted by Crippen LogP contribution is 2.38. The molecule has 3 aromatic heterocycles. The Morgan fingerprint density at radius 3 is 2.39 bits per heavy atom. The van der Waals surface area contributed by atoms with E-state index < -0.39 is 96.5 Å². The van der Waals surface area contributed by atoms with Crippen LogP contribution >= 0.6 is 22.9 Å². The normalized spacial score (nSPS) is 39.2. The molecule has 0 unspecified atom stereocenters. The van der Waals surface area contributed by atoms with Crippen LogP contribution in [-0.2, 0) is 52.6 Å². The fraction of sp³-hybridized carbons (Fsp3) is 0.812. The third-order valence-electron chi connectivity index (χ3n) is 15.0. The summed E-state index contributed by atoms with van der Waals surface area (Å²) in [5, 5.41) is 73.9. The average molecular weight is 1010 g/mol. The molecule has 3 aliphatic rings. The number of aliphatic hydroxyl groups is 5. The molecule has 21 heteroatoms. The molecule has 0 radical (unpaired) electrons. The molecule has 6 rings (SSSR count). The predicted octanol–water partition coefficient (Wildman–Crippen LogP) is 3.54. The fourth-order valence-corrected chi connectivity index (χ4v) is 11.8. The van der Waals surface area contributed by atoms with E-state index in [2.05, 4.69) is 36.9 Å². The summed E-state index contributed by atoms with van der Waals surface area (Å²) >= 11 is 3.03. The zero-order valence-corrected chi connectivity index (χ0v) is 44.1.